The first-order valence-electron chi connectivity index (χ1n) is 10.2. The Morgan fingerprint density at radius 2 is 1.94 bits per heavy atom. The second-order valence-corrected chi connectivity index (χ2v) is 9.93. The van der Waals surface area contributed by atoms with Crippen molar-refractivity contribution >= 4 is 33.7 Å². The van der Waals surface area contributed by atoms with Crippen molar-refractivity contribution in [1.82, 2.24) is 19.6 Å². The summed E-state index contributed by atoms with van der Waals surface area (Å²) in [4.78, 5) is 51.4. The number of aryl methyl sites for hydroxylation is 2. The molecular formula is C20H29N5O5S. The van der Waals surface area contributed by atoms with E-state index in [1.807, 2.05) is 13.8 Å². The van der Waals surface area contributed by atoms with E-state index in [9.17, 15) is 19.2 Å². The quantitative estimate of drug-likeness (QED) is 0.690. The number of thiophene rings is 1. The molecule has 0 radical (unpaired) electrons. The van der Waals surface area contributed by atoms with Crippen molar-refractivity contribution in [2.75, 3.05) is 0 Å². The van der Waals surface area contributed by atoms with Crippen LogP contribution in [0, 0.1) is 12.8 Å². The molecule has 0 spiro atoms. The van der Waals surface area contributed by atoms with Gasteiger partial charge in [-0.2, -0.15) is 0 Å². The van der Waals surface area contributed by atoms with Gasteiger partial charge in [0.25, 0.3) is 5.56 Å². The lowest BCUT2D eigenvalue weighted by Gasteiger charge is -2.24. The minimum atomic E-state index is -0.875. The van der Waals surface area contributed by atoms with Crippen LogP contribution < -0.4 is 22.4 Å². The molecule has 10 nitrogen and oxygen atoms in total. The number of primary amides is 1. The van der Waals surface area contributed by atoms with Crippen molar-refractivity contribution in [3.63, 3.8) is 0 Å². The number of carbonyl (C=O) groups is 2. The molecule has 3 amide bonds. The van der Waals surface area contributed by atoms with E-state index in [-0.39, 0.29) is 29.8 Å². The summed E-state index contributed by atoms with van der Waals surface area (Å²) < 4.78 is 8.11. The Morgan fingerprint density at radius 1 is 1.32 bits per heavy atom. The number of carbonyl (C=O) groups excluding carboxylic acids is 2. The van der Waals surface area contributed by atoms with Crippen LogP contribution in [0.1, 0.15) is 57.5 Å². The average molecular weight is 452 g/mol. The van der Waals surface area contributed by atoms with Crippen LogP contribution in [0.25, 0.3) is 10.2 Å². The van der Waals surface area contributed by atoms with Crippen LogP contribution in [0.2, 0.25) is 0 Å². The summed E-state index contributed by atoms with van der Waals surface area (Å²) >= 11 is 1.24. The molecule has 0 aliphatic heterocycles. The van der Waals surface area contributed by atoms with E-state index in [2.05, 4.69) is 5.43 Å². The summed E-state index contributed by atoms with van der Waals surface area (Å²) in [5, 5.41) is 1.39. The summed E-state index contributed by atoms with van der Waals surface area (Å²) in [6.07, 6.45) is -0.0176. The molecule has 0 saturated heterocycles. The molecule has 3 N–H and O–H groups in total. The van der Waals surface area contributed by atoms with Crippen molar-refractivity contribution < 1.29 is 14.3 Å². The van der Waals surface area contributed by atoms with E-state index in [1.165, 1.54) is 15.9 Å². The summed E-state index contributed by atoms with van der Waals surface area (Å²) in [5.41, 5.74) is 7.06. The number of hydrogen-bond donors (Lipinski definition) is 2. The van der Waals surface area contributed by atoms with E-state index < -0.39 is 17.7 Å². The number of nitrogens with one attached hydrogen (secondary N) is 1. The third-order valence-electron chi connectivity index (χ3n) is 5.25. The molecule has 1 saturated carbocycles. The fraction of sp³-hybridized carbons (Fsp3) is 0.600. The van der Waals surface area contributed by atoms with Gasteiger partial charge < -0.3 is 10.5 Å². The normalized spacial score (nSPS) is 18.1. The molecule has 2 aromatic heterocycles. The highest BCUT2D eigenvalue weighted by Crippen LogP contribution is 2.41. The van der Waals surface area contributed by atoms with Crippen LogP contribution in [-0.2, 0) is 17.8 Å². The maximum absolute atomic E-state index is 13.2. The summed E-state index contributed by atoms with van der Waals surface area (Å²) in [7, 11) is 0. The maximum Gasteiger partial charge on any atom is 0.426 e. The van der Waals surface area contributed by atoms with Gasteiger partial charge in [0.15, 0.2) is 0 Å². The third-order valence-corrected chi connectivity index (χ3v) is 6.55. The third kappa shape index (κ3) is 4.46. The van der Waals surface area contributed by atoms with E-state index in [0.29, 0.717) is 27.2 Å². The average Bonchev–Trinajstić information content (AvgIpc) is 3.24. The number of fused-ring (bicyclic) bond motifs is 1. The van der Waals surface area contributed by atoms with Crippen molar-refractivity contribution in [2.45, 2.75) is 72.7 Å². The van der Waals surface area contributed by atoms with Gasteiger partial charge in [0.2, 0.25) is 0 Å². The first-order chi connectivity index (χ1) is 14.4. The molecule has 2 atom stereocenters. The van der Waals surface area contributed by atoms with E-state index >= 15 is 0 Å². The van der Waals surface area contributed by atoms with E-state index in [0.717, 1.165) is 11.4 Å². The molecular weight excluding hydrogens is 422 g/mol. The lowest BCUT2D eigenvalue weighted by molar-refractivity contribution is 0.0376. The van der Waals surface area contributed by atoms with Crippen molar-refractivity contribution in [2.24, 2.45) is 11.7 Å². The fourth-order valence-corrected chi connectivity index (χ4v) is 4.86. The number of ether oxygens (including phenoxy) is 1. The summed E-state index contributed by atoms with van der Waals surface area (Å²) in [5.74, 6) is 0.287. The Bertz CT molecular complexity index is 1160. The van der Waals surface area contributed by atoms with Gasteiger partial charge in [0.1, 0.15) is 10.4 Å². The number of nitrogens with two attached hydrogens (primary N) is 1. The van der Waals surface area contributed by atoms with Crippen LogP contribution in [0.3, 0.4) is 0 Å². The zero-order valence-corrected chi connectivity index (χ0v) is 19.5. The number of amides is 3. The van der Waals surface area contributed by atoms with Gasteiger partial charge in [0.05, 0.1) is 11.9 Å². The number of urea groups is 1. The molecule has 3 rings (SSSR count). The predicted molar refractivity (Wildman–Crippen MR) is 118 cm³/mol. The summed E-state index contributed by atoms with van der Waals surface area (Å²) in [6, 6.07) is -0.958. The van der Waals surface area contributed by atoms with Gasteiger partial charge in [-0.3, -0.25) is 13.9 Å². The number of hydrazine groups is 1. The molecule has 0 unspecified atom stereocenters. The standard InChI is InChI=1S/C20H29N5O5S/c1-7-23-16-14(15(26)25(19(23)29)12-8-10(12)2)11(3)13(31-16)9-24(17(21)27)22-18(28)30-20(4,5)6/h10,12H,7-9H2,1-6H3,(H2,21,27)(H,22,28)/t10-,12-/m0/s1. The lowest BCUT2D eigenvalue weighted by atomic mass is 10.2. The van der Waals surface area contributed by atoms with Crippen molar-refractivity contribution in [1.29, 1.82) is 0 Å². The second kappa shape index (κ2) is 8.03. The van der Waals surface area contributed by atoms with Crippen LogP contribution in [-0.4, -0.2) is 31.9 Å². The molecule has 0 bridgehead atoms. The van der Waals surface area contributed by atoms with Crippen molar-refractivity contribution in [3.8, 4) is 0 Å². The topological polar surface area (TPSA) is 129 Å². The SMILES string of the molecule is CCn1c(=O)n([C@H]2C[C@@H]2C)c(=O)c2c(C)c(CN(NC(=O)OC(C)(C)C)C(N)=O)sc21. The van der Waals surface area contributed by atoms with Gasteiger partial charge in [-0.1, -0.05) is 6.92 Å². The van der Waals surface area contributed by atoms with E-state index in [4.69, 9.17) is 10.5 Å². The van der Waals surface area contributed by atoms with Gasteiger partial charge in [0, 0.05) is 17.5 Å². The van der Waals surface area contributed by atoms with Gasteiger partial charge in [-0.15, -0.1) is 11.3 Å². The molecule has 1 aliphatic rings. The zero-order valence-electron chi connectivity index (χ0n) is 18.6. The first kappa shape index (κ1) is 22.9. The van der Waals surface area contributed by atoms with Crippen LogP contribution in [0.4, 0.5) is 9.59 Å². The summed E-state index contributed by atoms with van der Waals surface area (Å²) in [6.45, 7) is 11.1. The molecule has 170 valence electrons. The molecule has 0 aromatic carbocycles. The molecule has 1 fully saturated rings. The van der Waals surface area contributed by atoms with Gasteiger partial charge in [-0.05, 0) is 52.5 Å². The Labute approximate surface area is 183 Å². The largest absolute Gasteiger partial charge is 0.443 e. The Balaban J connectivity index is 2.03. The number of nitrogens with zero attached hydrogens (tertiary/aromatic N) is 3. The Morgan fingerprint density at radius 3 is 2.42 bits per heavy atom. The molecule has 1 aliphatic carbocycles. The van der Waals surface area contributed by atoms with Crippen molar-refractivity contribution in [3.05, 3.63) is 31.3 Å². The minimum absolute atomic E-state index is 0.0586. The molecule has 31 heavy (non-hydrogen) atoms. The van der Waals surface area contributed by atoms with Crippen LogP contribution >= 0.6 is 11.3 Å². The number of hydrogen-bond acceptors (Lipinski definition) is 6. The fourth-order valence-electron chi connectivity index (χ4n) is 3.52. The monoisotopic (exact) mass is 451 g/mol. The second-order valence-electron chi connectivity index (χ2n) is 8.85. The minimum Gasteiger partial charge on any atom is -0.443 e. The lowest BCUT2D eigenvalue weighted by Crippen LogP contribution is -2.49. The highest BCUT2D eigenvalue weighted by Gasteiger charge is 2.38. The van der Waals surface area contributed by atoms with Crippen LogP contribution in [0.5, 0.6) is 0 Å². The Hall–Kier alpha value is -2.82. The van der Waals surface area contributed by atoms with Gasteiger partial charge in [-0.25, -0.2) is 24.8 Å². The molecule has 11 heteroatoms. The first-order valence-corrected chi connectivity index (χ1v) is 11.0. The van der Waals surface area contributed by atoms with Crippen LogP contribution in [0.15, 0.2) is 9.59 Å². The predicted octanol–water partition coefficient (Wildman–Crippen LogP) is 2.45. The number of rotatable bonds is 4. The maximum atomic E-state index is 13.2. The molecule has 2 heterocycles. The smallest absolute Gasteiger partial charge is 0.426 e. The highest BCUT2D eigenvalue weighted by molar-refractivity contribution is 7.18. The van der Waals surface area contributed by atoms with E-state index in [1.54, 1.807) is 32.3 Å². The molecule has 2 aromatic rings. The number of aromatic nitrogens is 2. The zero-order chi connectivity index (χ0) is 23.2. The highest BCUT2D eigenvalue weighted by atomic mass is 32.1. The van der Waals surface area contributed by atoms with Gasteiger partial charge >= 0.3 is 17.8 Å². The Kier molecular flexibility index (Phi) is 5.92.